The van der Waals surface area contributed by atoms with Crippen LogP contribution in [0.15, 0.2) is 0 Å². The SMILES string of the molecule is CCCCCCCCCC[C@H]1OC(=O)CNC(=O)[C@H]([C@H](C)O)NC(=O)[C@H](CO)NC(=O)[C@H](CCC)NC(=O)[C@H](CCC)N(C)C(=O)[C@@H]1C. The second-order valence-corrected chi connectivity index (χ2v) is 12.9. The van der Waals surface area contributed by atoms with Crippen molar-refractivity contribution in [3.8, 4) is 0 Å². The Bertz CT molecular complexity index is 1040. The number of cyclic esters (lactones) is 1. The Kier molecular flexibility index (Phi) is 20.6. The number of unbranched alkanes of at least 4 members (excludes halogenated alkanes) is 7. The van der Waals surface area contributed by atoms with Gasteiger partial charge in [0.1, 0.15) is 36.8 Å². The van der Waals surface area contributed by atoms with Crippen molar-refractivity contribution in [2.75, 3.05) is 20.2 Å². The molecule has 0 radical (unpaired) electrons. The van der Waals surface area contributed by atoms with E-state index in [0.717, 1.165) is 25.7 Å². The fourth-order valence-corrected chi connectivity index (χ4v) is 5.73. The fourth-order valence-electron chi connectivity index (χ4n) is 5.73. The van der Waals surface area contributed by atoms with Crippen LogP contribution in [0.1, 0.15) is 118 Å². The normalized spacial score (nSPS) is 26.3. The molecule has 1 fully saturated rings. The molecule has 0 bridgehead atoms. The Morgan fingerprint density at radius 3 is 1.88 bits per heavy atom. The molecule has 1 rings (SSSR count). The van der Waals surface area contributed by atoms with Gasteiger partial charge in [-0.15, -0.1) is 0 Å². The van der Waals surface area contributed by atoms with Crippen molar-refractivity contribution in [3.05, 3.63) is 0 Å². The van der Waals surface area contributed by atoms with Crippen LogP contribution in [0.5, 0.6) is 0 Å². The Morgan fingerprint density at radius 1 is 0.750 bits per heavy atom. The number of carbonyl (C=O) groups excluding carboxylic acids is 6. The number of hydrogen-bond donors (Lipinski definition) is 6. The van der Waals surface area contributed by atoms with E-state index < -0.39 is 91.0 Å². The van der Waals surface area contributed by atoms with E-state index in [-0.39, 0.29) is 6.42 Å². The summed E-state index contributed by atoms with van der Waals surface area (Å²) in [5.41, 5.74) is 0. The summed E-state index contributed by atoms with van der Waals surface area (Å²) < 4.78 is 5.75. The number of aliphatic hydroxyl groups excluding tert-OH is 2. The fraction of sp³-hybridized carbons (Fsp3) is 0.824. The second-order valence-electron chi connectivity index (χ2n) is 12.9. The van der Waals surface area contributed by atoms with Crippen molar-refractivity contribution in [2.24, 2.45) is 5.92 Å². The maximum atomic E-state index is 13.8. The van der Waals surface area contributed by atoms with Crippen LogP contribution in [-0.2, 0) is 33.5 Å². The van der Waals surface area contributed by atoms with Crippen LogP contribution >= 0.6 is 0 Å². The zero-order valence-electron chi connectivity index (χ0n) is 29.8. The van der Waals surface area contributed by atoms with Crippen LogP contribution in [0.4, 0.5) is 0 Å². The van der Waals surface area contributed by atoms with E-state index in [1.165, 1.54) is 38.1 Å². The number of aliphatic hydroxyl groups is 2. The molecule has 7 atom stereocenters. The highest BCUT2D eigenvalue weighted by Crippen LogP contribution is 2.21. The lowest BCUT2D eigenvalue weighted by Gasteiger charge is -2.33. The maximum Gasteiger partial charge on any atom is 0.325 e. The summed E-state index contributed by atoms with van der Waals surface area (Å²) in [5.74, 6) is -5.19. The van der Waals surface area contributed by atoms with Crippen molar-refractivity contribution in [1.29, 1.82) is 0 Å². The highest BCUT2D eigenvalue weighted by Gasteiger charge is 2.37. The minimum atomic E-state index is -1.53. The first-order valence-corrected chi connectivity index (χ1v) is 17.8. The molecule has 1 aliphatic rings. The average molecular weight is 684 g/mol. The predicted octanol–water partition coefficient (Wildman–Crippen LogP) is 1.45. The van der Waals surface area contributed by atoms with Gasteiger partial charge in [0.25, 0.3) is 0 Å². The molecule has 1 heterocycles. The number of nitrogens with one attached hydrogen (secondary N) is 4. The predicted molar refractivity (Wildman–Crippen MR) is 180 cm³/mol. The number of likely N-dealkylation sites (N-methyl/N-ethyl adjacent to an activating group) is 1. The molecule has 14 nitrogen and oxygen atoms in total. The van der Waals surface area contributed by atoms with E-state index in [0.29, 0.717) is 32.1 Å². The molecule has 276 valence electrons. The summed E-state index contributed by atoms with van der Waals surface area (Å²) in [4.78, 5) is 80.9. The molecule has 5 amide bonds. The van der Waals surface area contributed by atoms with Gasteiger partial charge in [-0.05, 0) is 32.6 Å². The van der Waals surface area contributed by atoms with Gasteiger partial charge in [-0.1, -0.05) is 85.5 Å². The molecule has 1 saturated heterocycles. The van der Waals surface area contributed by atoms with Gasteiger partial charge in [-0.25, -0.2) is 0 Å². The first-order chi connectivity index (χ1) is 22.8. The Labute approximate surface area is 285 Å². The summed E-state index contributed by atoms with van der Waals surface area (Å²) >= 11 is 0. The van der Waals surface area contributed by atoms with Crippen LogP contribution in [0, 0.1) is 5.92 Å². The molecule has 6 N–H and O–H groups in total. The van der Waals surface area contributed by atoms with Gasteiger partial charge in [-0.2, -0.15) is 0 Å². The highest BCUT2D eigenvalue weighted by molar-refractivity contribution is 5.96. The van der Waals surface area contributed by atoms with Crippen molar-refractivity contribution >= 4 is 35.5 Å². The van der Waals surface area contributed by atoms with Crippen molar-refractivity contribution < 1.29 is 43.7 Å². The van der Waals surface area contributed by atoms with Gasteiger partial charge in [0.2, 0.25) is 29.5 Å². The van der Waals surface area contributed by atoms with Gasteiger partial charge in [-0.3, -0.25) is 28.8 Å². The van der Waals surface area contributed by atoms with E-state index in [4.69, 9.17) is 4.74 Å². The third kappa shape index (κ3) is 14.5. The van der Waals surface area contributed by atoms with Gasteiger partial charge in [0.15, 0.2) is 0 Å². The van der Waals surface area contributed by atoms with Gasteiger partial charge in [0, 0.05) is 7.05 Å². The third-order valence-electron chi connectivity index (χ3n) is 8.75. The maximum absolute atomic E-state index is 13.8. The Balaban J connectivity index is 3.39. The van der Waals surface area contributed by atoms with Crippen molar-refractivity contribution in [2.45, 2.75) is 154 Å². The van der Waals surface area contributed by atoms with Crippen LogP contribution in [0.3, 0.4) is 0 Å². The number of hydrogen-bond acceptors (Lipinski definition) is 9. The van der Waals surface area contributed by atoms with Crippen molar-refractivity contribution in [1.82, 2.24) is 26.2 Å². The average Bonchev–Trinajstić information content (AvgIpc) is 3.05. The Hall–Kier alpha value is -3.26. The standard InChI is InChI=1S/C34H61N5O9/c1-7-10-11-12-13-14-15-16-19-27-22(4)34(47)39(6)26(18-9-3)32(45)36-24(17-8-2)30(43)37-25(21-40)31(44)38-29(23(5)41)33(46)35-20-28(42)48-27/h22-27,29,40-41H,7-21H2,1-6H3,(H,35,46)(H,36,45)(H,37,43)(H,38,44)/t22-,23+,24+,25+,26+,27-,29+/m1/s1. The molecule has 0 aromatic rings. The first kappa shape index (κ1) is 42.8. The molecular weight excluding hydrogens is 622 g/mol. The first-order valence-electron chi connectivity index (χ1n) is 17.8. The number of rotatable bonds is 15. The van der Waals surface area contributed by atoms with Gasteiger partial charge in [0.05, 0.1) is 18.6 Å². The molecule has 0 aromatic heterocycles. The van der Waals surface area contributed by atoms with E-state index >= 15 is 0 Å². The Morgan fingerprint density at radius 2 is 1.31 bits per heavy atom. The largest absolute Gasteiger partial charge is 0.460 e. The monoisotopic (exact) mass is 683 g/mol. The number of amides is 5. The van der Waals surface area contributed by atoms with E-state index in [1.54, 1.807) is 6.92 Å². The van der Waals surface area contributed by atoms with Gasteiger partial charge >= 0.3 is 5.97 Å². The highest BCUT2D eigenvalue weighted by atomic mass is 16.5. The lowest BCUT2D eigenvalue weighted by molar-refractivity contribution is -0.157. The lowest BCUT2D eigenvalue weighted by Crippen LogP contribution is -2.60. The summed E-state index contributed by atoms with van der Waals surface area (Å²) in [6.07, 6.45) is 8.14. The summed E-state index contributed by atoms with van der Waals surface area (Å²) in [7, 11) is 1.51. The third-order valence-corrected chi connectivity index (χ3v) is 8.75. The molecule has 0 aromatic carbocycles. The summed E-state index contributed by atoms with van der Waals surface area (Å²) in [6.45, 7) is 7.32. The summed E-state index contributed by atoms with van der Waals surface area (Å²) in [5, 5.41) is 29.9. The van der Waals surface area contributed by atoms with E-state index in [2.05, 4.69) is 28.2 Å². The lowest BCUT2D eigenvalue weighted by atomic mass is 9.95. The molecule has 1 aliphatic heterocycles. The second kappa shape index (κ2) is 23.2. The van der Waals surface area contributed by atoms with Crippen molar-refractivity contribution in [3.63, 3.8) is 0 Å². The molecular formula is C34H61N5O9. The molecule has 0 spiro atoms. The van der Waals surface area contributed by atoms with Crippen LogP contribution in [0.2, 0.25) is 0 Å². The number of ether oxygens (including phenoxy) is 1. The van der Waals surface area contributed by atoms with Crippen LogP contribution < -0.4 is 21.3 Å². The van der Waals surface area contributed by atoms with Crippen LogP contribution in [-0.4, -0.2) is 107 Å². The topological polar surface area (TPSA) is 203 Å². The minimum Gasteiger partial charge on any atom is -0.460 e. The number of carbonyl (C=O) groups is 6. The number of nitrogens with zero attached hydrogens (tertiary/aromatic N) is 1. The summed E-state index contributed by atoms with van der Waals surface area (Å²) in [6, 6.07) is -5.05. The smallest absolute Gasteiger partial charge is 0.325 e. The zero-order chi connectivity index (χ0) is 36.2. The zero-order valence-corrected chi connectivity index (χ0v) is 29.8. The minimum absolute atomic E-state index is 0.208. The molecule has 0 unspecified atom stereocenters. The van der Waals surface area contributed by atoms with Gasteiger partial charge < -0.3 is 41.1 Å². The van der Waals surface area contributed by atoms with E-state index in [9.17, 15) is 39.0 Å². The molecule has 0 saturated carbocycles. The van der Waals surface area contributed by atoms with Crippen LogP contribution in [0.25, 0.3) is 0 Å². The number of esters is 1. The van der Waals surface area contributed by atoms with E-state index in [1.807, 2.05) is 13.8 Å². The molecule has 0 aliphatic carbocycles. The molecule has 14 heteroatoms. The quantitative estimate of drug-likeness (QED) is 0.109. The molecule has 48 heavy (non-hydrogen) atoms.